The van der Waals surface area contributed by atoms with Crippen LogP contribution in [0.15, 0.2) is 12.0 Å². The molecule has 2 rings (SSSR count). The van der Waals surface area contributed by atoms with Crippen LogP contribution >= 0.6 is 0 Å². The van der Waals surface area contributed by atoms with E-state index in [1.54, 1.807) is 0 Å². The molecule has 0 aromatic carbocycles. The molecule has 0 bridgehead atoms. The fourth-order valence-corrected chi connectivity index (χ4v) is 2.22. The lowest BCUT2D eigenvalue weighted by molar-refractivity contribution is -0.307. The Balaban J connectivity index is 1.93. The maximum atomic E-state index is 9.76. The Morgan fingerprint density at radius 1 is 0.955 bits per heavy atom. The molecule has 2 heterocycles. The lowest BCUT2D eigenvalue weighted by Gasteiger charge is -2.40. The topological polar surface area (TPSA) is 169 Å². The Morgan fingerprint density at radius 2 is 1.64 bits per heavy atom. The molecule has 0 unspecified atom stereocenters. The zero-order chi connectivity index (χ0) is 16.4. The summed E-state index contributed by atoms with van der Waals surface area (Å²) in [6, 6.07) is 0. The molecule has 0 amide bonds. The summed E-state index contributed by atoms with van der Waals surface area (Å²) in [5, 5.41) is 66.4. The van der Waals surface area contributed by atoms with E-state index in [0.29, 0.717) is 0 Å². The lowest BCUT2D eigenvalue weighted by Crippen LogP contribution is -2.59. The van der Waals surface area contributed by atoms with Gasteiger partial charge in [0, 0.05) is 0 Å². The largest absolute Gasteiger partial charge is 0.506 e. The molecule has 10 nitrogen and oxygen atoms in total. The normalized spacial score (nSPS) is 46.0. The minimum Gasteiger partial charge on any atom is -0.506 e. The predicted molar refractivity (Wildman–Crippen MR) is 67.3 cm³/mol. The highest BCUT2D eigenvalue weighted by molar-refractivity contribution is 5.03. The molecule has 0 radical (unpaired) electrons. The van der Waals surface area contributed by atoms with E-state index in [1.165, 1.54) is 0 Å². The second-order valence-corrected chi connectivity index (χ2v) is 5.18. The van der Waals surface area contributed by atoms with E-state index in [9.17, 15) is 30.6 Å². The van der Waals surface area contributed by atoms with Crippen LogP contribution < -0.4 is 0 Å². The number of aliphatic hydroxyl groups is 7. The van der Waals surface area contributed by atoms with Crippen molar-refractivity contribution < 1.29 is 50.0 Å². The van der Waals surface area contributed by atoms with Gasteiger partial charge in [0.1, 0.15) is 42.9 Å². The van der Waals surface area contributed by atoms with Crippen LogP contribution in [0.5, 0.6) is 0 Å². The van der Waals surface area contributed by atoms with Crippen molar-refractivity contribution in [1.29, 1.82) is 0 Å². The van der Waals surface area contributed by atoms with Gasteiger partial charge in [-0.2, -0.15) is 0 Å². The molecule has 2 aliphatic rings. The highest BCUT2D eigenvalue weighted by atomic mass is 16.7. The van der Waals surface area contributed by atoms with Crippen LogP contribution in [0.4, 0.5) is 0 Å². The van der Waals surface area contributed by atoms with Gasteiger partial charge in [-0.15, -0.1) is 0 Å². The van der Waals surface area contributed by atoms with Crippen molar-refractivity contribution in [2.75, 3.05) is 13.2 Å². The first kappa shape index (κ1) is 17.4. The Bertz CT molecular complexity index is 399. The highest BCUT2D eigenvalue weighted by Crippen LogP contribution is 2.23. The summed E-state index contributed by atoms with van der Waals surface area (Å²) in [6.07, 6.45) is -10.3. The third-order valence-corrected chi connectivity index (χ3v) is 3.64. The zero-order valence-corrected chi connectivity index (χ0v) is 11.5. The molecule has 0 spiro atoms. The van der Waals surface area contributed by atoms with E-state index in [0.717, 1.165) is 6.26 Å². The van der Waals surface area contributed by atoms with Gasteiger partial charge in [-0.3, -0.25) is 0 Å². The van der Waals surface area contributed by atoms with E-state index in [-0.39, 0.29) is 6.61 Å². The van der Waals surface area contributed by atoms with Gasteiger partial charge < -0.3 is 50.0 Å². The van der Waals surface area contributed by atoms with Gasteiger partial charge in [-0.1, -0.05) is 0 Å². The zero-order valence-electron chi connectivity index (χ0n) is 11.5. The molecule has 22 heavy (non-hydrogen) atoms. The summed E-state index contributed by atoms with van der Waals surface area (Å²) in [5.74, 6) is -0.531. The fraction of sp³-hybridized carbons (Fsp3) is 0.833. The van der Waals surface area contributed by atoms with Crippen LogP contribution in [-0.2, 0) is 14.2 Å². The summed E-state index contributed by atoms with van der Waals surface area (Å²) in [6.45, 7) is -0.937. The van der Waals surface area contributed by atoms with Crippen molar-refractivity contribution in [3.63, 3.8) is 0 Å². The number of aliphatic hydroxyl groups excluding tert-OH is 7. The molecule has 10 heteroatoms. The van der Waals surface area contributed by atoms with E-state index < -0.39 is 61.4 Å². The summed E-state index contributed by atoms with van der Waals surface area (Å²) in [7, 11) is 0. The van der Waals surface area contributed by atoms with Gasteiger partial charge in [0.15, 0.2) is 18.2 Å². The lowest BCUT2D eigenvalue weighted by atomic mass is 9.99. The van der Waals surface area contributed by atoms with E-state index >= 15 is 0 Å². The molecule has 2 aliphatic heterocycles. The number of hydrogen-bond donors (Lipinski definition) is 7. The van der Waals surface area contributed by atoms with Crippen LogP contribution in [0.3, 0.4) is 0 Å². The van der Waals surface area contributed by atoms with E-state index in [1.807, 2.05) is 0 Å². The first-order chi connectivity index (χ1) is 10.4. The van der Waals surface area contributed by atoms with Crippen molar-refractivity contribution in [3.8, 4) is 0 Å². The average Bonchev–Trinajstić information content (AvgIpc) is 2.51. The molecular weight excluding hydrogens is 304 g/mol. The Labute approximate surface area is 125 Å². The van der Waals surface area contributed by atoms with Crippen molar-refractivity contribution in [3.05, 3.63) is 12.0 Å². The minimum absolute atomic E-state index is 0.343. The second-order valence-electron chi connectivity index (χ2n) is 5.18. The first-order valence-corrected chi connectivity index (χ1v) is 6.69. The Morgan fingerprint density at radius 3 is 2.27 bits per heavy atom. The molecule has 128 valence electrons. The van der Waals surface area contributed by atoms with Gasteiger partial charge in [-0.05, 0) is 0 Å². The molecule has 0 aliphatic carbocycles. The van der Waals surface area contributed by atoms with Crippen LogP contribution in [0.2, 0.25) is 0 Å². The second kappa shape index (κ2) is 7.06. The molecule has 0 saturated carbocycles. The van der Waals surface area contributed by atoms with Gasteiger partial charge >= 0.3 is 0 Å². The Hall–Kier alpha value is -0.980. The van der Waals surface area contributed by atoms with Gasteiger partial charge in [0.25, 0.3) is 0 Å². The van der Waals surface area contributed by atoms with E-state index in [2.05, 4.69) is 0 Å². The van der Waals surface area contributed by atoms with Gasteiger partial charge in [0.2, 0.25) is 0 Å². The highest BCUT2D eigenvalue weighted by Gasteiger charge is 2.45. The number of rotatable bonds is 4. The van der Waals surface area contributed by atoms with Crippen molar-refractivity contribution in [2.24, 2.45) is 0 Å². The minimum atomic E-state index is -1.58. The summed E-state index contributed by atoms with van der Waals surface area (Å²) in [5.41, 5.74) is 0. The standard InChI is InChI=1S/C12H20O10/c13-1-5-8(16)10(18)11(19)12(22-5)21-3-6-9(17)7(15)4(14)2-20-6/h2,5-19H,1,3H2/t5-,6-,7-,8+,9-,10+,11-,12+/m1/s1. The smallest absolute Gasteiger partial charge is 0.186 e. The van der Waals surface area contributed by atoms with Crippen LogP contribution in [0, 0.1) is 0 Å². The molecule has 8 atom stereocenters. The van der Waals surface area contributed by atoms with Crippen molar-refractivity contribution in [1.82, 2.24) is 0 Å². The number of ether oxygens (including phenoxy) is 3. The Kier molecular flexibility index (Phi) is 5.58. The third-order valence-electron chi connectivity index (χ3n) is 3.64. The molecule has 0 aromatic rings. The predicted octanol–water partition coefficient (Wildman–Crippen LogP) is -3.68. The maximum Gasteiger partial charge on any atom is 0.186 e. The van der Waals surface area contributed by atoms with E-state index in [4.69, 9.17) is 19.3 Å². The quantitative estimate of drug-likeness (QED) is 0.273. The molecule has 0 aromatic heterocycles. The maximum absolute atomic E-state index is 9.76. The van der Waals surface area contributed by atoms with Gasteiger partial charge in [0.05, 0.1) is 13.2 Å². The summed E-state index contributed by atoms with van der Waals surface area (Å²) in [4.78, 5) is 0. The molecule has 1 fully saturated rings. The van der Waals surface area contributed by atoms with Crippen LogP contribution in [-0.4, -0.2) is 98.0 Å². The van der Waals surface area contributed by atoms with Crippen LogP contribution in [0.1, 0.15) is 0 Å². The summed E-state index contributed by atoms with van der Waals surface area (Å²) >= 11 is 0. The first-order valence-electron chi connectivity index (χ1n) is 6.69. The number of hydrogen-bond acceptors (Lipinski definition) is 10. The SMILES string of the molecule is OC[C@H]1O[C@H](OC[C@H]2OC=C(O)[C@@H](O)[C@@H]2O)[C@H](O)[C@@H](O)[C@H]1O. The molecule has 7 N–H and O–H groups in total. The monoisotopic (exact) mass is 324 g/mol. The average molecular weight is 324 g/mol. The molecular formula is C12H20O10. The van der Waals surface area contributed by atoms with Crippen LogP contribution in [0.25, 0.3) is 0 Å². The fourth-order valence-electron chi connectivity index (χ4n) is 2.22. The third kappa shape index (κ3) is 3.34. The van der Waals surface area contributed by atoms with Crippen molar-refractivity contribution >= 4 is 0 Å². The molecule has 1 saturated heterocycles. The van der Waals surface area contributed by atoms with Crippen molar-refractivity contribution in [2.45, 2.75) is 49.0 Å². The summed E-state index contributed by atoms with van der Waals surface area (Å²) < 4.78 is 15.2. The van der Waals surface area contributed by atoms with Gasteiger partial charge in [-0.25, -0.2) is 0 Å².